The Bertz CT molecular complexity index is 648. The third kappa shape index (κ3) is 7.46. The lowest BCUT2D eigenvalue weighted by molar-refractivity contribution is 0.354. The number of benzene rings is 2. The largest absolute Gasteiger partial charge is 0.493 e. The van der Waals surface area contributed by atoms with E-state index in [0.29, 0.717) is 0 Å². The molecule has 2 rings (SSSR count). The summed E-state index contributed by atoms with van der Waals surface area (Å²) in [5.74, 6) is 3.05. The minimum Gasteiger partial charge on any atom is -0.493 e. The summed E-state index contributed by atoms with van der Waals surface area (Å²) in [7, 11) is 6.53. The molecule has 148 valence electrons. The highest BCUT2D eigenvalue weighted by atomic mass is 16.5. The normalized spacial score (nSPS) is 9.04. The Morgan fingerprint density at radius 3 is 1.22 bits per heavy atom. The van der Waals surface area contributed by atoms with Gasteiger partial charge >= 0.3 is 0 Å². The smallest absolute Gasteiger partial charge is 0.160 e. The van der Waals surface area contributed by atoms with Crippen LogP contribution < -0.4 is 18.9 Å². The first-order valence-corrected chi connectivity index (χ1v) is 8.27. The van der Waals surface area contributed by atoms with E-state index in [0.717, 1.165) is 35.8 Å². The number of hydrogen-bond acceptors (Lipinski definition) is 4. The second-order valence-corrected chi connectivity index (χ2v) is 5.36. The molecule has 0 radical (unpaired) electrons. The zero-order valence-electron chi connectivity index (χ0n) is 16.6. The molecule has 0 aliphatic carbocycles. The van der Waals surface area contributed by atoms with Crippen molar-refractivity contribution in [2.24, 2.45) is 0 Å². The van der Waals surface area contributed by atoms with E-state index >= 15 is 0 Å². The predicted octanol–water partition coefficient (Wildman–Crippen LogP) is 4.04. The first-order valence-electron chi connectivity index (χ1n) is 8.27. The molecule has 5 nitrogen and oxygen atoms in total. The molecule has 2 N–H and O–H groups in total. The van der Waals surface area contributed by atoms with Gasteiger partial charge in [0.1, 0.15) is 0 Å². The topological polar surface area (TPSA) is 68.4 Å². The molecular formula is C22H30O5. The molecule has 0 fully saturated rings. The summed E-state index contributed by atoms with van der Waals surface area (Å²) in [5.41, 5.74) is 2.35. The molecule has 2 aromatic rings. The maximum Gasteiger partial charge on any atom is 0.160 e. The summed E-state index contributed by atoms with van der Waals surface area (Å²) in [6.07, 6.45) is 5.42. The van der Waals surface area contributed by atoms with Crippen LogP contribution in [0.15, 0.2) is 61.7 Å². The van der Waals surface area contributed by atoms with Crippen LogP contribution in [0.3, 0.4) is 0 Å². The van der Waals surface area contributed by atoms with E-state index in [4.69, 9.17) is 18.9 Å². The zero-order chi connectivity index (χ0) is 19.4. The fraction of sp³-hybridized carbons (Fsp3) is 0.273. The maximum atomic E-state index is 5.16. The molecule has 0 heterocycles. The molecule has 27 heavy (non-hydrogen) atoms. The van der Waals surface area contributed by atoms with E-state index in [1.807, 2.05) is 48.6 Å². The standard InChI is InChI=1S/2C11H14O2.H2O/c2*1-4-5-9-6-7-10(12-2)11(8-9)13-3;/h2*4,6-8H,1,5H2,2-3H3;1H2. The van der Waals surface area contributed by atoms with Crippen LogP contribution in [0.25, 0.3) is 0 Å². The van der Waals surface area contributed by atoms with Gasteiger partial charge in [0.15, 0.2) is 23.0 Å². The Balaban J connectivity index is 0.000000483. The predicted molar refractivity (Wildman–Crippen MR) is 111 cm³/mol. The van der Waals surface area contributed by atoms with Crippen LogP contribution in [-0.2, 0) is 12.8 Å². The number of hydrogen-bond donors (Lipinski definition) is 0. The Kier molecular flexibility index (Phi) is 11.9. The molecule has 0 aliphatic heterocycles. The van der Waals surface area contributed by atoms with Crippen molar-refractivity contribution < 1.29 is 24.4 Å². The third-order valence-corrected chi connectivity index (χ3v) is 3.66. The van der Waals surface area contributed by atoms with Gasteiger partial charge in [0, 0.05) is 0 Å². The number of methoxy groups -OCH3 is 4. The van der Waals surface area contributed by atoms with Crippen molar-refractivity contribution in [3.05, 3.63) is 72.8 Å². The van der Waals surface area contributed by atoms with Crippen LogP contribution in [0.5, 0.6) is 23.0 Å². The van der Waals surface area contributed by atoms with Gasteiger partial charge in [-0.2, -0.15) is 0 Å². The summed E-state index contributed by atoms with van der Waals surface area (Å²) < 4.78 is 20.6. The molecule has 0 bridgehead atoms. The molecule has 0 saturated carbocycles. The van der Waals surface area contributed by atoms with Gasteiger partial charge in [-0.05, 0) is 48.2 Å². The quantitative estimate of drug-likeness (QED) is 0.654. The summed E-state index contributed by atoms with van der Waals surface area (Å²) in [6.45, 7) is 7.36. The lowest BCUT2D eigenvalue weighted by atomic mass is 10.1. The molecule has 0 aliphatic rings. The summed E-state index contributed by atoms with van der Waals surface area (Å²) in [5, 5.41) is 0. The van der Waals surface area contributed by atoms with Gasteiger partial charge in [-0.1, -0.05) is 24.3 Å². The highest BCUT2D eigenvalue weighted by Crippen LogP contribution is 2.28. The first kappa shape index (κ1) is 24.1. The molecule has 0 atom stereocenters. The van der Waals surface area contributed by atoms with Crippen molar-refractivity contribution in [1.29, 1.82) is 0 Å². The Morgan fingerprint density at radius 1 is 0.630 bits per heavy atom. The molecule has 0 spiro atoms. The molecular weight excluding hydrogens is 344 g/mol. The van der Waals surface area contributed by atoms with Gasteiger partial charge in [-0.15, -0.1) is 13.2 Å². The van der Waals surface area contributed by atoms with E-state index < -0.39 is 0 Å². The lowest BCUT2D eigenvalue weighted by Crippen LogP contribution is -1.91. The number of ether oxygens (including phenoxy) is 4. The van der Waals surface area contributed by atoms with E-state index in [1.54, 1.807) is 28.4 Å². The Labute approximate surface area is 162 Å². The van der Waals surface area contributed by atoms with Gasteiger partial charge in [-0.25, -0.2) is 0 Å². The molecule has 2 aromatic carbocycles. The second kappa shape index (κ2) is 13.3. The third-order valence-electron chi connectivity index (χ3n) is 3.66. The summed E-state index contributed by atoms with van der Waals surface area (Å²) >= 11 is 0. The Hall–Kier alpha value is -2.92. The van der Waals surface area contributed by atoms with E-state index in [1.165, 1.54) is 11.1 Å². The van der Waals surface area contributed by atoms with Crippen LogP contribution in [0, 0.1) is 0 Å². The van der Waals surface area contributed by atoms with Crippen molar-refractivity contribution in [2.75, 3.05) is 28.4 Å². The fourth-order valence-electron chi connectivity index (χ4n) is 2.35. The average Bonchev–Trinajstić information content (AvgIpc) is 2.68. The molecule has 0 saturated heterocycles. The SMILES string of the molecule is C=CCc1ccc(OC)c(OC)c1.C=CCc1ccc(OC)c(OC)c1.O. The maximum absolute atomic E-state index is 5.16. The summed E-state index contributed by atoms with van der Waals surface area (Å²) in [6, 6.07) is 11.7. The molecule has 0 aromatic heterocycles. The minimum absolute atomic E-state index is 0. The summed E-state index contributed by atoms with van der Waals surface area (Å²) in [4.78, 5) is 0. The van der Waals surface area contributed by atoms with Gasteiger partial charge in [0.05, 0.1) is 28.4 Å². The lowest BCUT2D eigenvalue weighted by Gasteiger charge is -2.08. The van der Waals surface area contributed by atoms with Crippen LogP contribution in [-0.4, -0.2) is 33.9 Å². The van der Waals surface area contributed by atoms with Gasteiger partial charge < -0.3 is 24.4 Å². The first-order chi connectivity index (χ1) is 12.6. The van der Waals surface area contributed by atoms with Crippen LogP contribution >= 0.6 is 0 Å². The highest BCUT2D eigenvalue weighted by Gasteiger charge is 2.03. The molecule has 0 unspecified atom stereocenters. The van der Waals surface area contributed by atoms with Crippen LogP contribution in [0.4, 0.5) is 0 Å². The Morgan fingerprint density at radius 2 is 0.963 bits per heavy atom. The number of allylic oxidation sites excluding steroid dienone is 2. The number of rotatable bonds is 8. The van der Waals surface area contributed by atoms with E-state index in [2.05, 4.69) is 13.2 Å². The van der Waals surface area contributed by atoms with Crippen LogP contribution in [0.1, 0.15) is 11.1 Å². The highest BCUT2D eigenvalue weighted by molar-refractivity contribution is 5.44. The average molecular weight is 374 g/mol. The van der Waals surface area contributed by atoms with Crippen molar-refractivity contribution >= 4 is 0 Å². The van der Waals surface area contributed by atoms with Gasteiger partial charge in [-0.3, -0.25) is 0 Å². The van der Waals surface area contributed by atoms with Crippen molar-refractivity contribution in [3.63, 3.8) is 0 Å². The fourth-order valence-corrected chi connectivity index (χ4v) is 2.35. The van der Waals surface area contributed by atoms with Crippen molar-refractivity contribution in [3.8, 4) is 23.0 Å². The second-order valence-electron chi connectivity index (χ2n) is 5.36. The van der Waals surface area contributed by atoms with Gasteiger partial charge in [0.2, 0.25) is 0 Å². The van der Waals surface area contributed by atoms with Crippen LogP contribution in [0.2, 0.25) is 0 Å². The zero-order valence-corrected chi connectivity index (χ0v) is 16.6. The van der Waals surface area contributed by atoms with E-state index in [9.17, 15) is 0 Å². The van der Waals surface area contributed by atoms with Crippen molar-refractivity contribution in [1.82, 2.24) is 0 Å². The van der Waals surface area contributed by atoms with Gasteiger partial charge in [0.25, 0.3) is 0 Å². The molecule has 0 amide bonds. The van der Waals surface area contributed by atoms with Crippen molar-refractivity contribution in [2.45, 2.75) is 12.8 Å². The minimum atomic E-state index is 0. The molecule has 5 heteroatoms. The monoisotopic (exact) mass is 374 g/mol. The van der Waals surface area contributed by atoms with E-state index in [-0.39, 0.29) is 5.48 Å².